The van der Waals surface area contributed by atoms with E-state index in [4.69, 9.17) is 16.4 Å². The number of hydrogen-bond donors (Lipinski definition) is 2. The second-order valence-electron chi connectivity index (χ2n) is 4.54. The standard InChI is InChI=1S/C12H12ClN5O2S/c1-7-16-10-11(18(7)6-15-21(13,19)20)8-4-2-3-5-9(8)17-12(10)14/h2-5,15H,6H2,1H3,(H2,14,17). The van der Waals surface area contributed by atoms with Crippen LogP contribution < -0.4 is 10.5 Å². The fourth-order valence-corrected chi connectivity index (χ4v) is 2.74. The van der Waals surface area contributed by atoms with E-state index in [0.29, 0.717) is 17.2 Å². The predicted molar refractivity (Wildman–Crippen MR) is 82.1 cm³/mol. The fourth-order valence-electron chi connectivity index (χ4n) is 2.31. The van der Waals surface area contributed by atoms with Crippen molar-refractivity contribution in [3.63, 3.8) is 0 Å². The highest BCUT2D eigenvalue weighted by atomic mass is 35.7. The number of nitrogens with zero attached hydrogens (tertiary/aromatic N) is 3. The fraction of sp³-hybridized carbons (Fsp3) is 0.167. The van der Waals surface area contributed by atoms with Crippen molar-refractivity contribution in [3.8, 4) is 0 Å². The molecule has 0 radical (unpaired) electrons. The molecule has 2 heterocycles. The van der Waals surface area contributed by atoms with Crippen LogP contribution in [0.1, 0.15) is 5.82 Å². The summed E-state index contributed by atoms with van der Waals surface area (Å²) in [6.07, 6.45) is 0. The number of aryl methyl sites for hydroxylation is 1. The number of hydrogen-bond acceptors (Lipinski definition) is 5. The molecule has 0 aliphatic heterocycles. The van der Waals surface area contributed by atoms with Gasteiger partial charge in [-0.05, 0) is 13.0 Å². The van der Waals surface area contributed by atoms with Crippen LogP contribution in [0.2, 0.25) is 0 Å². The Morgan fingerprint density at radius 3 is 2.76 bits per heavy atom. The molecule has 0 saturated carbocycles. The van der Waals surface area contributed by atoms with Gasteiger partial charge >= 0.3 is 0 Å². The Morgan fingerprint density at radius 1 is 1.33 bits per heavy atom. The number of benzene rings is 1. The molecule has 0 spiro atoms. The van der Waals surface area contributed by atoms with Crippen LogP contribution >= 0.6 is 10.7 Å². The molecule has 2 aromatic heterocycles. The summed E-state index contributed by atoms with van der Waals surface area (Å²) in [6.45, 7) is 1.73. The summed E-state index contributed by atoms with van der Waals surface area (Å²) >= 11 is 0. The highest BCUT2D eigenvalue weighted by Crippen LogP contribution is 2.28. The van der Waals surface area contributed by atoms with E-state index in [9.17, 15) is 8.42 Å². The molecule has 0 atom stereocenters. The van der Waals surface area contributed by atoms with E-state index < -0.39 is 9.24 Å². The molecule has 21 heavy (non-hydrogen) atoms. The zero-order chi connectivity index (χ0) is 15.2. The molecule has 7 nitrogen and oxygen atoms in total. The van der Waals surface area contributed by atoms with Gasteiger partial charge in [0.25, 0.3) is 9.24 Å². The molecule has 0 fully saturated rings. The van der Waals surface area contributed by atoms with E-state index in [1.165, 1.54) is 0 Å². The van der Waals surface area contributed by atoms with Crippen LogP contribution in [-0.4, -0.2) is 23.0 Å². The summed E-state index contributed by atoms with van der Waals surface area (Å²) < 4.78 is 26.1. The lowest BCUT2D eigenvalue weighted by Crippen LogP contribution is -2.22. The van der Waals surface area contributed by atoms with Crippen molar-refractivity contribution < 1.29 is 8.42 Å². The quantitative estimate of drug-likeness (QED) is 0.710. The topological polar surface area (TPSA) is 103 Å². The molecule has 0 aliphatic carbocycles. The molecule has 3 aromatic rings. The van der Waals surface area contributed by atoms with Crippen LogP contribution in [-0.2, 0) is 15.9 Å². The average molecular weight is 326 g/mol. The van der Waals surface area contributed by atoms with Gasteiger partial charge in [0, 0.05) is 16.1 Å². The lowest BCUT2D eigenvalue weighted by atomic mass is 10.2. The van der Waals surface area contributed by atoms with Crippen molar-refractivity contribution in [1.29, 1.82) is 0 Å². The van der Waals surface area contributed by atoms with Gasteiger partial charge < -0.3 is 10.3 Å². The number of para-hydroxylation sites is 1. The number of pyridine rings is 1. The van der Waals surface area contributed by atoms with Crippen LogP contribution in [0.5, 0.6) is 0 Å². The Hall–Kier alpha value is -1.90. The van der Waals surface area contributed by atoms with E-state index in [2.05, 4.69) is 14.7 Å². The largest absolute Gasteiger partial charge is 0.382 e. The Balaban J connectivity index is 2.31. The second kappa shape index (κ2) is 4.83. The van der Waals surface area contributed by atoms with E-state index in [1.807, 2.05) is 24.3 Å². The smallest absolute Gasteiger partial charge is 0.298 e. The third-order valence-electron chi connectivity index (χ3n) is 3.20. The first-order valence-electron chi connectivity index (χ1n) is 6.07. The molecule has 0 amide bonds. The molecule has 3 N–H and O–H groups in total. The van der Waals surface area contributed by atoms with Crippen LogP contribution in [0.15, 0.2) is 24.3 Å². The van der Waals surface area contributed by atoms with E-state index >= 15 is 0 Å². The molecular formula is C12H12ClN5O2S. The number of halogens is 1. The summed E-state index contributed by atoms with van der Waals surface area (Å²) in [6, 6.07) is 7.45. The highest BCUT2D eigenvalue weighted by molar-refractivity contribution is 8.12. The summed E-state index contributed by atoms with van der Waals surface area (Å²) in [5, 5.41) is 0.844. The number of anilines is 1. The van der Waals surface area contributed by atoms with Gasteiger partial charge in [0.1, 0.15) is 11.3 Å². The lowest BCUT2D eigenvalue weighted by Gasteiger charge is -2.08. The summed E-state index contributed by atoms with van der Waals surface area (Å²) in [4.78, 5) is 8.67. The molecule has 0 bridgehead atoms. The number of nitrogens with one attached hydrogen (secondary N) is 1. The number of nitrogen functional groups attached to an aromatic ring is 1. The molecule has 110 valence electrons. The van der Waals surface area contributed by atoms with Crippen molar-refractivity contribution >= 4 is 47.7 Å². The van der Waals surface area contributed by atoms with Gasteiger partial charge in [-0.2, -0.15) is 13.1 Å². The normalized spacial score (nSPS) is 12.3. The summed E-state index contributed by atoms with van der Waals surface area (Å²) in [5.41, 5.74) is 7.92. The lowest BCUT2D eigenvalue weighted by molar-refractivity contribution is 0.577. The number of fused-ring (bicyclic) bond motifs is 3. The SMILES string of the molecule is Cc1nc2c(N)nc3ccccc3c2n1CNS(=O)(=O)Cl. The maximum atomic E-state index is 11.1. The van der Waals surface area contributed by atoms with Gasteiger partial charge in [0.2, 0.25) is 0 Å². The van der Waals surface area contributed by atoms with Crippen LogP contribution in [0.25, 0.3) is 21.9 Å². The zero-order valence-corrected chi connectivity index (χ0v) is 12.6. The second-order valence-corrected chi connectivity index (χ2v) is 6.92. The van der Waals surface area contributed by atoms with Crippen molar-refractivity contribution in [2.75, 3.05) is 5.73 Å². The first kappa shape index (κ1) is 14.1. The number of imidazole rings is 1. The molecule has 1 aromatic carbocycles. The first-order valence-corrected chi connectivity index (χ1v) is 8.38. The zero-order valence-electron chi connectivity index (χ0n) is 11.0. The van der Waals surface area contributed by atoms with E-state index in [1.54, 1.807) is 11.5 Å². The molecule has 3 rings (SSSR count). The average Bonchev–Trinajstić information content (AvgIpc) is 2.73. The van der Waals surface area contributed by atoms with E-state index in [-0.39, 0.29) is 6.67 Å². The minimum Gasteiger partial charge on any atom is -0.382 e. The van der Waals surface area contributed by atoms with Crippen molar-refractivity contribution in [1.82, 2.24) is 19.3 Å². The molecule has 0 aliphatic rings. The third kappa shape index (κ3) is 2.53. The Labute approximate surface area is 125 Å². The third-order valence-corrected chi connectivity index (χ3v) is 4.00. The minimum atomic E-state index is -3.82. The van der Waals surface area contributed by atoms with Crippen LogP contribution in [0, 0.1) is 6.92 Å². The van der Waals surface area contributed by atoms with Crippen molar-refractivity contribution in [2.24, 2.45) is 0 Å². The van der Waals surface area contributed by atoms with Gasteiger partial charge in [-0.3, -0.25) is 0 Å². The predicted octanol–water partition coefficient (Wildman–Crippen LogP) is 1.51. The summed E-state index contributed by atoms with van der Waals surface area (Å²) in [7, 11) is 1.37. The molecule has 0 saturated heterocycles. The van der Waals surface area contributed by atoms with Crippen molar-refractivity contribution in [3.05, 3.63) is 30.1 Å². The number of aromatic nitrogens is 3. The van der Waals surface area contributed by atoms with Gasteiger partial charge in [-0.25, -0.2) is 9.97 Å². The highest BCUT2D eigenvalue weighted by Gasteiger charge is 2.16. The first-order chi connectivity index (χ1) is 9.87. The monoisotopic (exact) mass is 325 g/mol. The summed E-state index contributed by atoms with van der Waals surface area (Å²) in [5.74, 6) is 0.918. The van der Waals surface area contributed by atoms with E-state index in [0.717, 1.165) is 16.4 Å². The van der Waals surface area contributed by atoms with Crippen LogP contribution in [0.3, 0.4) is 0 Å². The number of nitrogens with two attached hydrogens (primary N) is 1. The maximum absolute atomic E-state index is 11.1. The van der Waals surface area contributed by atoms with Gasteiger partial charge in [0.15, 0.2) is 5.82 Å². The maximum Gasteiger partial charge on any atom is 0.298 e. The minimum absolute atomic E-state index is 0.0262. The molecule has 9 heteroatoms. The Bertz CT molecular complexity index is 951. The molecule has 0 unspecified atom stereocenters. The number of rotatable bonds is 3. The molecular weight excluding hydrogens is 314 g/mol. The van der Waals surface area contributed by atoms with Gasteiger partial charge in [0.05, 0.1) is 17.7 Å². The Kier molecular flexibility index (Phi) is 3.23. The van der Waals surface area contributed by atoms with Crippen molar-refractivity contribution in [2.45, 2.75) is 13.6 Å². The van der Waals surface area contributed by atoms with Gasteiger partial charge in [-0.15, -0.1) is 0 Å². The van der Waals surface area contributed by atoms with Crippen LogP contribution in [0.4, 0.5) is 5.82 Å². The van der Waals surface area contributed by atoms with Gasteiger partial charge in [-0.1, -0.05) is 18.2 Å². The Morgan fingerprint density at radius 2 is 2.05 bits per heavy atom.